The van der Waals surface area contributed by atoms with Crippen molar-refractivity contribution in [1.29, 1.82) is 0 Å². The van der Waals surface area contributed by atoms with E-state index in [1.54, 1.807) is 30.5 Å². The number of fused-ring (bicyclic) bond motifs is 1. The minimum Gasteiger partial charge on any atom is -0.480 e. The molecule has 4 atom stereocenters. The van der Waals surface area contributed by atoms with Crippen LogP contribution in [0.2, 0.25) is 0 Å². The van der Waals surface area contributed by atoms with Crippen LogP contribution in [-0.2, 0) is 32.0 Å². The number of carbonyl (C=O) groups is 4. The van der Waals surface area contributed by atoms with Crippen molar-refractivity contribution in [3.8, 4) is 0 Å². The molecule has 1 aliphatic rings. The summed E-state index contributed by atoms with van der Waals surface area (Å²) in [5.41, 5.74) is 8.59. The van der Waals surface area contributed by atoms with Gasteiger partial charge < -0.3 is 31.4 Å². The van der Waals surface area contributed by atoms with Gasteiger partial charge in [-0.2, -0.15) is 0 Å². The SMILES string of the molecule is CC(C)CC(N)C(=O)N1CCCC1C(=O)NC(Cc1c[nH]c2ccccc12)C(=O)NC(Cc1ccccc1)C(=O)O. The van der Waals surface area contributed by atoms with Gasteiger partial charge in [0.15, 0.2) is 0 Å². The number of aromatic amines is 1. The third-order valence-electron chi connectivity index (χ3n) is 7.51. The molecule has 41 heavy (non-hydrogen) atoms. The van der Waals surface area contributed by atoms with E-state index in [2.05, 4.69) is 15.6 Å². The lowest BCUT2D eigenvalue weighted by Crippen LogP contribution is -2.57. The molecule has 2 heterocycles. The van der Waals surface area contributed by atoms with Gasteiger partial charge in [-0.25, -0.2) is 4.79 Å². The van der Waals surface area contributed by atoms with E-state index in [-0.39, 0.29) is 24.7 Å². The van der Waals surface area contributed by atoms with Crippen molar-refractivity contribution >= 4 is 34.6 Å². The van der Waals surface area contributed by atoms with Gasteiger partial charge in [0.25, 0.3) is 0 Å². The molecule has 6 N–H and O–H groups in total. The molecule has 1 saturated heterocycles. The number of hydrogen-bond acceptors (Lipinski definition) is 5. The van der Waals surface area contributed by atoms with Crippen molar-refractivity contribution in [1.82, 2.24) is 20.5 Å². The van der Waals surface area contributed by atoms with E-state index in [1.807, 2.05) is 44.2 Å². The van der Waals surface area contributed by atoms with Crippen LogP contribution < -0.4 is 16.4 Å². The number of aliphatic carboxylic acids is 1. The predicted molar refractivity (Wildman–Crippen MR) is 156 cm³/mol. The van der Waals surface area contributed by atoms with Gasteiger partial charge in [-0.1, -0.05) is 62.4 Å². The Bertz CT molecular complexity index is 1370. The fraction of sp³-hybridized carbons (Fsp3) is 0.419. The number of rotatable bonds is 12. The summed E-state index contributed by atoms with van der Waals surface area (Å²) in [4.78, 5) is 57.0. The molecule has 1 aliphatic heterocycles. The Kier molecular flexibility index (Phi) is 9.78. The Morgan fingerprint density at radius 2 is 1.71 bits per heavy atom. The van der Waals surface area contributed by atoms with Gasteiger partial charge in [-0.05, 0) is 42.4 Å². The lowest BCUT2D eigenvalue weighted by molar-refractivity contribution is -0.143. The van der Waals surface area contributed by atoms with E-state index in [4.69, 9.17) is 5.73 Å². The third kappa shape index (κ3) is 7.52. The number of hydrogen-bond donors (Lipinski definition) is 5. The Labute approximate surface area is 239 Å². The topological polar surface area (TPSA) is 158 Å². The second-order valence-electron chi connectivity index (χ2n) is 11.1. The Hall–Kier alpha value is -4.18. The molecule has 2 aromatic carbocycles. The maximum absolute atomic E-state index is 13.6. The lowest BCUT2D eigenvalue weighted by Gasteiger charge is -2.29. The van der Waals surface area contributed by atoms with Gasteiger partial charge >= 0.3 is 5.97 Å². The van der Waals surface area contributed by atoms with Crippen LogP contribution >= 0.6 is 0 Å². The number of benzene rings is 2. The largest absolute Gasteiger partial charge is 0.480 e. The molecule has 3 aromatic rings. The van der Waals surface area contributed by atoms with Crippen LogP contribution in [-0.4, -0.2) is 69.4 Å². The average molecular weight is 562 g/mol. The molecule has 0 saturated carbocycles. The molecule has 0 spiro atoms. The van der Waals surface area contributed by atoms with Gasteiger partial charge in [0, 0.05) is 36.5 Å². The van der Waals surface area contributed by atoms with Gasteiger partial charge in [0.2, 0.25) is 17.7 Å². The molecular weight excluding hydrogens is 522 g/mol. The van der Waals surface area contributed by atoms with Gasteiger partial charge in [0.05, 0.1) is 6.04 Å². The maximum atomic E-state index is 13.6. The monoisotopic (exact) mass is 561 g/mol. The highest BCUT2D eigenvalue weighted by atomic mass is 16.4. The first kappa shape index (κ1) is 29.8. The number of carboxylic acids is 1. The number of para-hydroxylation sites is 1. The fourth-order valence-electron chi connectivity index (χ4n) is 5.44. The fourth-order valence-corrected chi connectivity index (χ4v) is 5.44. The number of amides is 3. The van der Waals surface area contributed by atoms with E-state index in [9.17, 15) is 24.3 Å². The van der Waals surface area contributed by atoms with Gasteiger partial charge in [0.1, 0.15) is 18.1 Å². The van der Waals surface area contributed by atoms with Crippen molar-refractivity contribution in [2.75, 3.05) is 6.54 Å². The molecule has 1 aromatic heterocycles. The first-order valence-corrected chi connectivity index (χ1v) is 14.1. The number of H-pyrrole nitrogens is 1. The quantitative estimate of drug-likeness (QED) is 0.228. The number of carboxylic acid groups (broad SMARTS) is 1. The van der Waals surface area contributed by atoms with Crippen molar-refractivity contribution in [3.63, 3.8) is 0 Å². The summed E-state index contributed by atoms with van der Waals surface area (Å²) in [6.07, 6.45) is 3.62. The first-order chi connectivity index (χ1) is 19.6. The average Bonchev–Trinajstić information content (AvgIpc) is 3.60. The summed E-state index contributed by atoms with van der Waals surface area (Å²) in [6.45, 7) is 4.38. The molecule has 0 radical (unpaired) electrons. The standard InChI is InChI=1S/C31H39N5O5/c1-19(2)15-23(32)30(39)36-14-8-13-27(36)29(38)34-25(17-21-18-33-24-12-7-6-11-22(21)24)28(37)35-26(31(40)41)16-20-9-4-3-5-10-20/h3-7,9-12,18-19,23,25-27,33H,8,13-17,32H2,1-2H3,(H,34,38)(H,35,37)(H,40,41). The van der Waals surface area contributed by atoms with Crippen molar-refractivity contribution in [3.05, 3.63) is 71.9 Å². The van der Waals surface area contributed by atoms with Crippen LogP contribution in [0.25, 0.3) is 10.9 Å². The molecule has 0 bridgehead atoms. The van der Waals surface area contributed by atoms with Crippen LogP contribution in [0.15, 0.2) is 60.8 Å². The highest BCUT2D eigenvalue weighted by molar-refractivity contribution is 5.95. The number of aromatic nitrogens is 1. The van der Waals surface area contributed by atoms with E-state index in [1.165, 1.54) is 4.90 Å². The smallest absolute Gasteiger partial charge is 0.326 e. The first-order valence-electron chi connectivity index (χ1n) is 14.1. The van der Waals surface area contributed by atoms with Crippen molar-refractivity contribution in [2.45, 2.75) is 70.1 Å². The molecule has 218 valence electrons. The molecule has 4 rings (SSSR count). The lowest BCUT2D eigenvalue weighted by atomic mass is 10.0. The summed E-state index contributed by atoms with van der Waals surface area (Å²) >= 11 is 0. The zero-order chi connectivity index (χ0) is 29.5. The number of nitrogens with one attached hydrogen (secondary N) is 3. The van der Waals surface area contributed by atoms with Crippen LogP contribution in [0.3, 0.4) is 0 Å². The van der Waals surface area contributed by atoms with E-state index in [0.29, 0.717) is 25.8 Å². The Morgan fingerprint density at radius 3 is 2.41 bits per heavy atom. The second-order valence-corrected chi connectivity index (χ2v) is 11.1. The highest BCUT2D eigenvalue weighted by Crippen LogP contribution is 2.22. The Morgan fingerprint density at radius 1 is 1.00 bits per heavy atom. The zero-order valence-corrected chi connectivity index (χ0v) is 23.5. The molecule has 3 amide bonds. The predicted octanol–water partition coefficient (Wildman–Crippen LogP) is 2.37. The highest BCUT2D eigenvalue weighted by Gasteiger charge is 2.38. The van der Waals surface area contributed by atoms with E-state index in [0.717, 1.165) is 22.0 Å². The molecule has 10 heteroatoms. The van der Waals surface area contributed by atoms with E-state index >= 15 is 0 Å². The number of carbonyl (C=O) groups excluding carboxylic acids is 3. The third-order valence-corrected chi connectivity index (χ3v) is 7.51. The summed E-state index contributed by atoms with van der Waals surface area (Å²) in [5, 5.41) is 16.2. The number of nitrogens with two attached hydrogens (primary N) is 1. The summed E-state index contributed by atoms with van der Waals surface area (Å²) < 4.78 is 0. The molecule has 10 nitrogen and oxygen atoms in total. The second kappa shape index (κ2) is 13.5. The van der Waals surface area contributed by atoms with Crippen LogP contribution in [0.4, 0.5) is 0 Å². The van der Waals surface area contributed by atoms with Gasteiger partial charge in [-0.3, -0.25) is 14.4 Å². The van der Waals surface area contributed by atoms with Crippen LogP contribution in [0.1, 0.15) is 44.2 Å². The molecule has 0 aliphatic carbocycles. The van der Waals surface area contributed by atoms with Crippen molar-refractivity contribution in [2.24, 2.45) is 11.7 Å². The normalized spacial score (nSPS) is 17.3. The van der Waals surface area contributed by atoms with Gasteiger partial charge in [-0.15, -0.1) is 0 Å². The zero-order valence-electron chi connectivity index (χ0n) is 23.5. The number of nitrogens with zero attached hydrogens (tertiary/aromatic N) is 1. The summed E-state index contributed by atoms with van der Waals surface area (Å²) in [7, 11) is 0. The van der Waals surface area contributed by atoms with Crippen LogP contribution in [0, 0.1) is 5.92 Å². The molecular formula is C31H39N5O5. The summed E-state index contributed by atoms with van der Waals surface area (Å²) in [5.74, 6) is -2.29. The minimum atomic E-state index is -1.19. The molecule has 4 unspecified atom stereocenters. The Balaban J connectivity index is 1.55. The minimum absolute atomic E-state index is 0.0916. The van der Waals surface area contributed by atoms with Crippen molar-refractivity contribution < 1.29 is 24.3 Å². The van der Waals surface area contributed by atoms with Crippen LogP contribution in [0.5, 0.6) is 0 Å². The number of likely N-dealkylation sites (tertiary alicyclic amines) is 1. The maximum Gasteiger partial charge on any atom is 0.326 e. The molecule has 1 fully saturated rings. The summed E-state index contributed by atoms with van der Waals surface area (Å²) in [6, 6.07) is 12.9. The van der Waals surface area contributed by atoms with E-state index < -0.39 is 42.0 Å².